The average molecular weight is 325 g/mol. The van der Waals surface area contributed by atoms with Crippen LogP contribution in [0.3, 0.4) is 0 Å². The zero-order chi connectivity index (χ0) is 17.1. The Bertz CT molecular complexity index is 974. The van der Waals surface area contributed by atoms with Gasteiger partial charge < -0.3 is 4.57 Å². The summed E-state index contributed by atoms with van der Waals surface area (Å²) in [7, 11) is 0. The van der Waals surface area contributed by atoms with Gasteiger partial charge in [-0.2, -0.15) is 0 Å². The third-order valence-electron chi connectivity index (χ3n) is 4.42. The molecule has 3 nitrogen and oxygen atoms in total. The van der Waals surface area contributed by atoms with Crippen LogP contribution in [0.15, 0.2) is 85.3 Å². The molecule has 0 radical (unpaired) electrons. The molecule has 0 atom stereocenters. The summed E-state index contributed by atoms with van der Waals surface area (Å²) in [5.74, 6) is 0. The highest BCUT2D eigenvalue weighted by atomic mass is 15.0. The van der Waals surface area contributed by atoms with Gasteiger partial charge in [0.15, 0.2) is 0 Å². The lowest BCUT2D eigenvalue weighted by atomic mass is 9.97. The molecule has 4 aromatic rings. The number of hydrogen-bond acceptors (Lipinski definition) is 2. The van der Waals surface area contributed by atoms with Gasteiger partial charge in [-0.1, -0.05) is 66.7 Å². The van der Waals surface area contributed by atoms with E-state index in [0.29, 0.717) is 0 Å². The highest BCUT2D eigenvalue weighted by Gasteiger charge is 2.07. The van der Waals surface area contributed by atoms with Crippen LogP contribution in [0, 0.1) is 6.92 Å². The lowest BCUT2D eigenvalue weighted by Crippen LogP contribution is -1.98. The maximum atomic E-state index is 4.45. The molecular formula is C22H19N3. The van der Waals surface area contributed by atoms with Crippen molar-refractivity contribution in [3.05, 3.63) is 102 Å². The minimum absolute atomic E-state index is 0.763. The van der Waals surface area contributed by atoms with Gasteiger partial charge in [0.1, 0.15) is 12.0 Å². The molecule has 0 unspecified atom stereocenters. The first-order valence-electron chi connectivity index (χ1n) is 8.40. The van der Waals surface area contributed by atoms with Crippen molar-refractivity contribution in [3.63, 3.8) is 0 Å². The Balaban J connectivity index is 1.76. The van der Waals surface area contributed by atoms with Crippen molar-refractivity contribution in [2.45, 2.75) is 13.5 Å². The quantitative estimate of drug-likeness (QED) is 0.536. The second kappa shape index (κ2) is 6.73. The zero-order valence-corrected chi connectivity index (χ0v) is 14.1. The van der Waals surface area contributed by atoms with E-state index in [0.717, 1.165) is 23.3 Å². The van der Waals surface area contributed by atoms with E-state index in [1.165, 1.54) is 16.7 Å². The van der Waals surface area contributed by atoms with Crippen LogP contribution in [0.4, 0.5) is 0 Å². The summed E-state index contributed by atoms with van der Waals surface area (Å²) in [6.45, 7) is 2.78. The van der Waals surface area contributed by atoms with Gasteiger partial charge in [-0.25, -0.2) is 9.97 Å². The van der Waals surface area contributed by atoms with Gasteiger partial charge >= 0.3 is 0 Å². The Morgan fingerprint density at radius 3 is 2.16 bits per heavy atom. The maximum absolute atomic E-state index is 4.45. The van der Waals surface area contributed by atoms with Gasteiger partial charge in [0.2, 0.25) is 0 Å². The van der Waals surface area contributed by atoms with Gasteiger partial charge in [-0.3, -0.25) is 0 Å². The molecule has 0 saturated carbocycles. The van der Waals surface area contributed by atoms with Crippen molar-refractivity contribution in [2.75, 3.05) is 0 Å². The molecule has 0 amide bonds. The number of nitrogens with zero attached hydrogens (tertiary/aromatic N) is 3. The fourth-order valence-corrected chi connectivity index (χ4v) is 3.10. The maximum Gasteiger partial charge on any atom is 0.143 e. The predicted molar refractivity (Wildman–Crippen MR) is 102 cm³/mol. The molecule has 2 aromatic heterocycles. The molecule has 0 aliphatic carbocycles. The van der Waals surface area contributed by atoms with Crippen LogP contribution in [-0.4, -0.2) is 14.5 Å². The van der Waals surface area contributed by atoms with E-state index in [1.54, 1.807) is 6.33 Å². The summed E-state index contributed by atoms with van der Waals surface area (Å²) >= 11 is 0. The highest BCUT2D eigenvalue weighted by molar-refractivity contribution is 5.81. The summed E-state index contributed by atoms with van der Waals surface area (Å²) in [6.07, 6.45) is 5.98. The monoisotopic (exact) mass is 325 g/mol. The Labute approximate surface area is 147 Å². The molecule has 2 aromatic carbocycles. The molecule has 0 spiro atoms. The normalized spacial score (nSPS) is 10.8. The number of fused-ring (bicyclic) bond motifs is 1. The molecule has 4 rings (SSSR count). The van der Waals surface area contributed by atoms with Crippen molar-refractivity contribution >= 4 is 16.6 Å². The lowest BCUT2D eigenvalue weighted by molar-refractivity contribution is 0.848. The van der Waals surface area contributed by atoms with E-state index in [-0.39, 0.29) is 0 Å². The second-order valence-corrected chi connectivity index (χ2v) is 6.01. The first-order chi connectivity index (χ1) is 12.3. The topological polar surface area (TPSA) is 30.7 Å². The number of hydrogen-bond donors (Lipinski definition) is 0. The largest absolute Gasteiger partial charge is 0.329 e. The SMILES string of the molecule is Cc1ncnc2c1ccn2CC=C(c1ccccc1)c1ccccc1. The molecule has 0 aliphatic heterocycles. The van der Waals surface area contributed by atoms with Gasteiger partial charge in [0.25, 0.3) is 0 Å². The first kappa shape index (κ1) is 15.3. The van der Waals surface area contributed by atoms with Crippen LogP contribution in [0.25, 0.3) is 16.6 Å². The minimum Gasteiger partial charge on any atom is -0.329 e. The zero-order valence-electron chi connectivity index (χ0n) is 14.1. The van der Waals surface area contributed by atoms with Crippen LogP contribution in [-0.2, 0) is 6.54 Å². The molecule has 0 aliphatic rings. The van der Waals surface area contributed by atoms with E-state index in [1.807, 2.05) is 19.1 Å². The molecule has 122 valence electrons. The van der Waals surface area contributed by atoms with Crippen LogP contribution in [0.1, 0.15) is 16.8 Å². The molecule has 0 bridgehead atoms. The third-order valence-corrected chi connectivity index (χ3v) is 4.42. The Morgan fingerprint density at radius 1 is 0.880 bits per heavy atom. The van der Waals surface area contributed by atoms with Crippen molar-refractivity contribution in [1.29, 1.82) is 0 Å². The fourth-order valence-electron chi connectivity index (χ4n) is 3.10. The average Bonchev–Trinajstić information content (AvgIpc) is 3.08. The van der Waals surface area contributed by atoms with E-state index in [4.69, 9.17) is 0 Å². The minimum atomic E-state index is 0.763. The number of benzene rings is 2. The van der Waals surface area contributed by atoms with Gasteiger partial charge in [0, 0.05) is 18.1 Å². The number of aromatic nitrogens is 3. The summed E-state index contributed by atoms with van der Waals surface area (Å²) in [6, 6.07) is 23.1. The van der Waals surface area contributed by atoms with Gasteiger partial charge in [-0.15, -0.1) is 0 Å². The summed E-state index contributed by atoms with van der Waals surface area (Å²) in [5, 5.41) is 1.11. The molecule has 3 heteroatoms. The third kappa shape index (κ3) is 3.09. The van der Waals surface area contributed by atoms with Crippen LogP contribution >= 0.6 is 0 Å². The summed E-state index contributed by atoms with van der Waals surface area (Å²) < 4.78 is 2.16. The Kier molecular flexibility index (Phi) is 4.13. The predicted octanol–water partition coefficient (Wildman–Crippen LogP) is 4.87. The molecular weight excluding hydrogens is 306 g/mol. The Morgan fingerprint density at radius 2 is 1.52 bits per heavy atom. The molecule has 0 N–H and O–H groups in total. The van der Waals surface area contributed by atoms with Crippen LogP contribution < -0.4 is 0 Å². The lowest BCUT2D eigenvalue weighted by Gasteiger charge is -2.10. The molecule has 25 heavy (non-hydrogen) atoms. The van der Waals surface area contributed by atoms with E-state index in [9.17, 15) is 0 Å². The van der Waals surface area contributed by atoms with Gasteiger partial charge in [0.05, 0.1) is 5.69 Å². The standard InChI is InChI=1S/C22H19N3/c1-17-20-12-14-25(22(20)24-16-23-17)15-13-21(18-8-4-2-5-9-18)19-10-6-3-7-11-19/h2-14,16H,15H2,1H3. The molecule has 2 heterocycles. The second-order valence-electron chi connectivity index (χ2n) is 6.01. The van der Waals surface area contributed by atoms with Crippen LogP contribution in [0.5, 0.6) is 0 Å². The first-order valence-corrected chi connectivity index (χ1v) is 8.40. The van der Waals surface area contributed by atoms with E-state index in [2.05, 4.69) is 81.4 Å². The van der Waals surface area contributed by atoms with Crippen molar-refractivity contribution in [3.8, 4) is 0 Å². The Hall–Kier alpha value is -3.20. The smallest absolute Gasteiger partial charge is 0.143 e. The number of allylic oxidation sites excluding steroid dienone is 1. The van der Waals surface area contributed by atoms with E-state index < -0.39 is 0 Å². The van der Waals surface area contributed by atoms with Crippen LogP contribution in [0.2, 0.25) is 0 Å². The van der Waals surface area contributed by atoms with Crippen molar-refractivity contribution in [2.24, 2.45) is 0 Å². The fraction of sp³-hybridized carbons (Fsp3) is 0.0909. The molecule has 0 fully saturated rings. The number of rotatable bonds is 4. The van der Waals surface area contributed by atoms with Gasteiger partial charge in [-0.05, 0) is 29.7 Å². The molecule has 0 saturated heterocycles. The highest BCUT2D eigenvalue weighted by Crippen LogP contribution is 2.24. The van der Waals surface area contributed by atoms with E-state index >= 15 is 0 Å². The summed E-state index contributed by atoms with van der Waals surface area (Å²) in [5.41, 5.74) is 5.66. The van der Waals surface area contributed by atoms with Crippen molar-refractivity contribution in [1.82, 2.24) is 14.5 Å². The summed E-state index contributed by atoms with van der Waals surface area (Å²) in [4.78, 5) is 8.72. The van der Waals surface area contributed by atoms with Crippen molar-refractivity contribution < 1.29 is 0 Å². The number of aryl methyl sites for hydroxylation is 1.